The third-order valence-electron chi connectivity index (χ3n) is 2.02. The van der Waals surface area contributed by atoms with Gasteiger partial charge in [0.25, 0.3) is 0 Å². The van der Waals surface area contributed by atoms with E-state index >= 15 is 0 Å². The molecule has 1 atom stereocenters. The minimum Gasteiger partial charge on any atom is -0.497 e. The first-order valence-corrected chi connectivity index (χ1v) is 4.08. The summed E-state index contributed by atoms with van der Waals surface area (Å²) in [5, 5.41) is 18.6. The molecule has 0 heterocycles. The maximum Gasteiger partial charge on any atom is 0.118 e. The average molecular weight is 182 g/mol. The number of benzene rings is 1. The molecule has 1 rings (SSSR count). The highest BCUT2D eigenvalue weighted by atomic mass is 16.5. The van der Waals surface area contributed by atoms with Gasteiger partial charge in [-0.2, -0.15) is 0 Å². The zero-order chi connectivity index (χ0) is 9.90. The van der Waals surface area contributed by atoms with Crippen LogP contribution in [0.4, 0.5) is 0 Å². The van der Waals surface area contributed by atoms with Gasteiger partial charge < -0.3 is 14.9 Å². The van der Waals surface area contributed by atoms with E-state index in [4.69, 9.17) is 9.84 Å². The first kappa shape index (κ1) is 10.0. The molecule has 13 heavy (non-hydrogen) atoms. The molecular weight excluding hydrogens is 168 g/mol. The number of rotatable bonds is 3. The highest BCUT2D eigenvalue weighted by Gasteiger charge is 2.21. The van der Waals surface area contributed by atoms with Crippen LogP contribution in [0.1, 0.15) is 12.5 Å². The van der Waals surface area contributed by atoms with E-state index in [1.165, 1.54) is 0 Å². The van der Waals surface area contributed by atoms with E-state index in [1.807, 2.05) is 0 Å². The van der Waals surface area contributed by atoms with Gasteiger partial charge in [-0.3, -0.25) is 0 Å². The Kier molecular flexibility index (Phi) is 2.90. The molecule has 72 valence electrons. The Hall–Kier alpha value is -1.06. The highest BCUT2D eigenvalue weighted by molar-refractivity contribution is 5.30. The summed E-state index contributed by atoms with van der Waals surface area (Å²) in [6.07, 6.45) is 0. The molecule has 0 saturated carbocycles. The molecule has 0 fully saturated rings. The van der Waals surface area contributed by atoms with E-state index in [9.17, 15) is 5.11 Å². The maximum atomic E-state index is 9.67. The second-order valence-electron chi connectivity index (χ2n) is 3.16. The van der Waals surface area contributed by atoms with Gasteiger partial charge in [0.1, 0.15) is 11.4 Å². The van der Waals surface area contributed by atoms with Crippen molar-refractivity contribution in [1.82, 2.24) is 0 Å². The number of hydrogen-bond acceptors (Lipinski definition) is 3. The van der Waals surface area contributed by atoms with E-state index < -0.39 is 5.60 Å². The van der Waals surface area contributed by atoms with Crippen molar-refractivity contribution in [3.8, 4) is 5.75 Å². The second kappa shape index (κ2) is 3.77. The lowest BCUT2D eigenvalue weighted by atomic mass is 9.97. The minimum atomic E-state index is -1.17. The van der Waals surface area contributed by atoms with Gasteiger partial charge in [-0.1, -0.05) is 12.1 Å². The van der Waals surface area contributed by atoms with Gasteiger partial charge >= 0.3 is 0 Å². The number of aliphatic hydroxyl groups is 2. The highest BCUT2D eigenvalue weighted by Crippen LogP contribution is 2.22. The molecule has 0 spiro atoms. The second-order valence-corrected chi connectivity index (χ2v) is 3.16. The van der Waals surface area contributed by atoms with Gasteiger partial charge in [-0.25, -0.2) is 0 Å². The Balaban J connectivity index is 2.92. The number of methoxy groups -OCH3 is 1. The lowest BCUT2D eigenvalue weighted by Gasteiger charge is -2.20. The monoisotopic (exact) mass is 182 g/mol. The zero-order valence-electron chi connectivity index (χ0n) is 7.82. The Bertz CT molecular complexity index is 264. The van der Waals surface area contributed by atoms with Crippen LogP contribution in [-0.2, 0) is 5.60 Å². The summed E-state index contributed by atoms with van der Waals surface area (Å²) in [7, 11) is 1.58. The van der Waals surface area contributed by atoms with Crippen molar-refractivity contribution in [2.24, 2.45) is 0 Å². The quantitative estimate of drug-likeness (QED) is 0.730. The summed E-state index contributed by atoms with van der Waals surface area (Å²) in [5.74, 6) is 0.734. The van der Waals surface area contributed by atoms with Crippen LogP contribution in [0.2, 0.25) is 0 Å². The summed E-state index contributed by atoms with van der Waals surface area (Å²) in [4.78, 5) is 0. The third-order valence-corrected chi connectivity index (χ3v) is 2.02. The lowest BCUT2D eigenvalue weighted by molar-refractivity contribution is -0.00230. The fourth-order valence-corrected chi connectivity index (χ4v) is 1.04. The molecule has 1 aromatic rings. The van der Waals surface area contributed by atoms with Crippen molar-refractivity contribution in [1.29, 1.82) is 0 Å². The third kappa shape index (κ3) is 2.20. The number of hydrogen-bond donors (Lipinski definition) is 2. The van der Waals surface area contributed by atoms with Gasteiger partial charge in [0, 0.05) is 0 Å². The molecule has 0 aliphatic rings. The van der Waals surface area contributed by atoms with Crippen LogP contribution in [0.5, 0.6) is 5.75 Å². The van der Waals surface area contributed by atoms with Gasteiger partial charge in [0.2, 0.25) is 0 Å². The molecule has 3 nitrogen and oxygen atoms in total. The topological polar surface area (TPSA) is 49.7 Å². The predicted molar refractivity (Wildman–Crippen MR) is 49.7 cm³/mol. The lowest BCUT2D eigenvalue weighted by Crippen LogP contribution is -2.25. The molecule has 2 N–H and O–H groups in total. The number of aliphatic hydroxyl groups excluding tert-OH is 1. The molecule has 0 aromatic heterocycles. The average Bonchev–Trinajstić information content (AvgIpc) is 2.18. The van der Waals surface area contributed by atoms with Crippen LogP contribution in [0.3, 0.4) is 0 Å². The summed E-state index contributed by atoms with van der Waals surface area (Å²) >= 11 is 0. The first-order valence-electron chi connectivity index (χ1n) is 4.08. The van der Waals surface area contributed by atoms with E-state index in [0.717, 1.165) is 5.75 Å². The minimum absolute atomic E-state index is 0.292. The van der Waals surface area contributed by atoms with Gasteiger partial charge in [-0.15, -0.1) is 0 Å². The van der Waals surface area contributed by atoms with Crippen LogP contribution in [0, 0.1) is 0 Å². The van der Waals surface area contributed by atoms with Gasteiger partial charge in [0.15, 0.2) is 0 Å². The van der Waals surface area contributed by atoms with Gasteiger partial charge in [-0.05, 0) is 24.6 Å². The standard InChI is InChI=1S/C10H14O3/c1-10(12,7-11)8-3-5-9(13-2)6-4-8/h3-6,11-12H,7H2,1-2H3/t10-/m0/s1. The molecule has 0 unspecified atom stereocenters. The predicted octanol–water partition coefficient (Wildman–Crippen LogP) is 0.895. The van der Waals surface area contributed by atoms with Crippen molar-refractivity contribution in [3.05, 3.63) is 29.8 Å². The van der Waals surface area contributed by atoms with Crippen molar-refractivity contribution in [3.63, 3.8) is 0 Å². The fraction of sp³-hybridized carbons (Fsp3) is 0.400. The van der Waals surface area contributed by atoms with E-state index in [0.29, 0.717) is 5.56 Å². The maximum absolute atomic E-state index is 9.67. The summed E-state index contributed by atoms with van der Waals surface area (Å²) in [6, 6.07) is 6.96. The van der Waals surface area contributed by atoms with Crippen LogP contribution >= 0.6 is 0 Å². The fourth-order valence-electron chi connectivity index (χ4n) is 1.04. The molecule has 0 radical (unpaired) electrons. The van der Waals surface area contributed by atoms with E-state index in [-0.39, 0.29) is 6.61 Å². The van der Waals surface area contributed by atoms with Crippen molar-refractivity contribution < 1.29 is 14.9 Å². The Labute approximate surface area is 77.6 Å². The molecule has 3 heteroatoms. The van der Waals surface area contributed by atoms with Crippen LogP contribution in [0.15, 0.2) is 24.3 Å². The summed E-state index contributed by atoms with van der Waals surface area (Å²) < 4.78 is 4.97. The van der Waals surface area contributed by atoms with Gasteiger partial charge in [0.05, 0.1) is 13.7 Å². The smallest absolute Gasteiger partial charge is 0.118 e. The van der Waals surface area contributed by atoms with Crippen molar-refractivity contribution in [2.75, 3.05) is 13.7 Å². The first-order chi connectivity index (χ1) is 6.10. The Morgan fingerprint density at radius 3 is 2.23 bits per heavy atom. The van der Waals surface area contributed by atoms with Crippen LogP contribution < -0.4 is 4.74 Å². The molecule has 1 aromatic carbocycles. The molecule has 0 bridgehead atoms. The zero-order valence-corrected chi connectivity index (χ0v) is 7.82. The molecule has 0 aliphatic heterocycles. The number of ether oxygens (including phenoxy) is 1. The Morgan fingerprint density at radius 1 is 1.31 bits per heavy atom. The normalized spacial score (nSPS) is 15.1. The van der Waals surface area contributed by atoms with Crippen LogP contribution in [0.25, 0.3) is 0 Å². The van der Waals surface area contributed by atoms with Crippen molar-refractivity contribution >= 4 is 0 Å². The van der Waals surface area contributed by atoms with E-state index in [2.05, 4.69) is 0 Å². The summed E-state index contributed by atoms with van der Waals surface area (Å²) in [6.45, 7) is 1.27. The molecule has 0 saturated heterocycles. The van der Waals surface area contributed by atoms with E-state index in [1.54, 1.807) is 38.3 Å². The molecular formula is C10H14O3. The molecule has 0 aliphatic carbocycles. The summed E-state index contributed by atoms with van der Waals surface area (Å²) in [5.41, 5.74) is -0.498. The largest absolute Gasteiger partial charge is 0.497 e. The molecule has 0 amide bonds. The van der Waals surface area contributed by atoms with Crippen LogP contribution in [-0.4, -0.2) is 23.9 Å². The Morgan fingerprint density at radius 2 is 1.85 bits per heavy atom. The van der Waals surface area contributed by atoms with Crippen molar-refractivity contribution in [2.45, 2.75) is 12.5 Å². The SMILES string of the molecule is COc1ccc([C@@](C)(O)CO)cc1.